The summed E-state index contributed by atoms with van der Waals surface area (Å²) in [5, 5.41) is 0. The van der Waals surface area contributed by atoms with E-state index in [1.807, 2.05) is 0 Å². The Morgan fingerprint density at radius 1 is 1.18 bits per heavy atom. The highest BCUT2D eigenvalue weighted by atomic mass is 32.2. The molecule has 0 atom stereocenters. The van der Waals surface area contributed by atoms with Gasteiger partial charge in [0.15, 0.2) is 11.5 Å². The average Bonchev–Trinajstić information content (AvgIpc) is 2.26. The predicted molar refractivity (Wildman–Crippen MR) is 65.0 cm³/mol. The molecule has 0 saturated heterocycles. The van der Waals surface area contributed by atoms with Crippen molar-refractivity contribution in [2.75, 3.05) is 14.2 Å². The molecule has 1 N–H and O–H groups in total. The van der Waals surface area contributed by atoms with E-state index in [1.54, 1.807) is 26.0 Å². The Morgan fingerprint density at radius 2 is 1.82 bits per heavy atom. The second-order valence-corrected chi connectivity index (χ2v) is 5.45. The maximum Gasteiger partial charge on any atom is 0.244 e. The lowest BCUT2D eigenvalue weighted by atomic mass is 10.3. The average molecular weight is 259 g/mol. The van der Waals surface area contributed by atoms with Crippen molar-refractivity contribution >= 4 is 10.0 Å². The Labute approximate surface area is 102 Å². The summed E-state index contributed by atoms with van der Waals surface area (Å²) < 4.78 is 36.7. The molecule has 0 aliphatic carbocycles. The molecule has 0 spiro atoms. The van der Waals surface area contributed by atoms with Gasteiger partial charge in [-0.2, -0.15) is 0 Å². The second-order valence-electron chi connectivity index (χ2n) is 3.77. The van der Waals surface area contributed by atoms with E-state index in [2.05, 4.69) is 4.72 Å². The van der Waals surface area contributed by atoms with Crippen LogP contribution in [0.3, 0.4) is 0 Å². The molecule has 0 unspecified atom stereocenters. The molecular formula is C11H17NO4S. The number of rotatable bonds is 5. The van der Waals surface area contributed by atoms with Crippen LogP contribution in [0.25, 0.3) is 0 Å². The lowest BCUT2D eigenvalue weighted by Gasteiger charge is -2.14. The topological polar surface area (TPSA) is 64.6 Å². The minimum Gasteiger partial charge on any atom is -0.493 e. The zero-order valence-electron chi connectivity index (χ0n) is 10.4. The Hall–Kier alpha value is -1.27. The highest BCUT2D eigenvalue weighted by molar-refractivity contribution is 7.89. The number of hydrogen-bond donors (Lipinski definition) is 1. The highest BCUT2D eigenvalue weighted by Crippen LogP contribution is 2.33. The fourth-order valence-corrected chi connectivity index (χ4v) is 2.88. The van der Waals surface area contributed by atoms with Crippen molar-refractivity contribution in [1.82, 2.24) is 4.72 Å². The lowest BCUT2D eigenvalue weighted by Crippen LogP contribution is -2.30. The summed E-state index contributed by atoms with van der Waals surface area (Å²) in [7, 11) is -0.718. The van der Waals surface area contributed by atoms with E-state index in [9.17, 15) is 8.42 Å². The van der Waals surface area contributed by atoms with Gasteiger partial charge in [0.05, 0.1) is 14.2 Å². The molecule has 1 aromatic carbocycles. The van der Waals surface area contributed by atoms with E-state index < -0.39 is 10.0 Å². The van der Waals surface area contributed by atoms with Gasteiger partial charge in [-0.3, -0.25) is 0 Å². The summed E-state index contributed by atoms with van der Waals surface area (Å²) >= 11 is 0. The Balaban J connectivity index is 3.31. The van der Waals surface area contributed by atoms with Crippen LogP contribution in [0.1, 0.15) is 13.8 Å². The molecule has 96 valence electrons. The van der Waals surface area contributed by atoms with Crippen molar-refractivity contribution in [1.29, 1.82) is 0 Å². The number of ether oxygens (including phenoxy) is 2. The van der Waals surface area contributed by atoms with Gasteiger partial charge in [0, 0.05) is 6.04 Å². The normalized spacial score (nSPS) is 11.6. The van der Waals surface area contributed by atoms with Crippen LogP contribution in [0.4, 0.5) is 0 Å². The summed E-state index contributed by atoms with van der Waals surface area (Å²) in [4.78, 5) is 0.0769. The fraction of sp³-hybridized carbons (Fsp3) is 0.455. The number of methoxy groups -OCH3 is 2. The van der Waals surface area contributed by atoms with Crippen LogP contribution in [0.15, 0.2) is 23.1 Å². The van der Waals surface area contributed by atoms with Gasteiger partial charge in [-0.15, -0.1) is 0 Å². The van der Waals surface area contributed by atoms with Gasteiger partial charge in [-0.1, -0.05) is 6.07 Å². The second kappa shape index (κ2) is 5.37. The van der Waals surface area contributed by atoms with Crippen LogP contribution in [0.2, 0.25) is 0 Å². The van der Waals surface area contributed by atoms with Crippen LogP contribution in [-0.4, -0.2) is 28.7 Å². The first-order valence-corrected chi connectivity index (χ1v) is 6.64. The van der Waals surface area contributed by atoms with E-state index in [0.717, 1.165) is 0 Å². The zero-order valence-corrected chi connectivity index (χ0v) is 11.2. The third-order valence-electron chi connectivity index (χ3n) is 2.05. The van der Waals surface area contributed by atoms with Crippen LogP contribution < -0.4 is 14.2 Å². The molecule has 0 heterocycles. The number of benzene rings is 1. The highest BCUT2D eigenvalue weighted by Gasteiger charge is 2.22. The molecule has 0 radical (unpaired) electrons. The van der Waals surface area contributed by atoms with E-state index in [-0.39, 0.29) is 16.7 Å². The van der Waals surface area contributed by atoms with E-state index in [1.165, 1.54) is 20.3 Å². The molecule has 0 amide bonds. The van der Waals surface area contributed by atoms with Crippen molar-refractivity contribution < 1.29 is 17.9 Å². The first-order chi connectivity index (χ1) is 7.92. The molecule has 0 aliphatic rings. The lowest BCUT2D eigenvalue weighted by molar-refractivity contribution is 0.346. The van der Waals surface area contributed by atoms with Gasteiger partial charge in [0.2, 0.25) is 10.0 Å². The predicted octanol–water partition coefficient (Wildman–Crippen LogP) is 1.39. The molecule has 0 fully saturated rings. The fourth-order valence-electron chi connectivity index (χ4n) is 1.44. The molecule has 0 saturated carbocycles. The summed E-state index contributed by atoms with van der Waals surface area (Å²) in [6.45, 7) is 3.51. The van der Waals surface area contributed by atoms with Crippen LogP contribution in [0.5, 0.6) is 11.5 Å². The van der Waals surface area contributed by atoms with Crippen molar-refractivity contribution in [3.8, 4) is 11.5 Å². The minimum absolute atomic E-state index is 0.0769. The smallest absolute Gasteiger partial charge is 0.244 e. The molecule has 1 rings (SSSR count). The summed E-state index contributed by atoms with van der Waals surface area (Å²) in [5.41, 5.74) is 0. The minimum atomic E-state index is -3.59. The van der Waals surface area contributed by atoms with Crippen LogP contribution in [-0.2, 0) is 10.0 Å². The monoisotopic (exact) mass is 259 g/mol. The third kappa shape index (κ3) is 3.10. The van der Waals surface area contributed by atoms with Gasteiger partial charge in [0.25, 0.3) is 0 Å². The van der Waals surface area contributed by atoms with Crippen LogP contribution in [0, 0.1) is 0 Å². The first kappa shape index (κ1) is 13.8. The van der Waals surface area contributed by atoms with Crippen molar-refractivity contribution in [3.63, 3.8) is 0 Å². The van der Waals surface area contributed by atoms with Crippen molar-refractivity contribution in [3.05, 3.63) is 18.2 Å². The Morgan fingerprint density at radius 3 is 2.29 bits per heavy atom. The number of nitrogens with one attached hydrogen (secondary N) is 1. The van der Waals surface area contributed by atoms with Gasteiger partial charge in [0.1, 0.15) is 4.90 Å². The molecule has 17 heavy (non-hydrogen) atoms. The van der Waals surface area contributed by atoms with Gasteiger partial charge in [-0.05, 0) is 26.0 Å². The number of para-hydroxylation sites is 1. The first-order valence-electron chi connectivity index (χ1n) is 5.15. The Kier molecular flexibility index (Phi) is 4.36. The molecule has 0 aromatic heterocycles. The molecule has 0 aliphatic heterocycles. The number of sulfonamides is 1. The largest absolute Gasteiger partial charge is 0.493 e. The van der Waals surface area contributed by atoms with E-state index in [0.29, 0.717) is 5.75 Å². The maximum atomic E-state index is 12.0. The van der Waals surface area contributed by atoms with Gasteiger partial charge >= 0.3 is 0 Å². The summed E-state index contributed by atoms with van der Waals surface area (Å²) in [6.07, 6.45) is 0. The van der Waals surface area contributed by atoms with Crippen molar-refractivity contribution in [2.24, 2.45) is 0 Å². The molecule has 6 heteroatoms. The van der Waals surface area contributed by atoms with E-state index >= 15 is 0 Å². The summed E-state index contributed by atoms with van der Waals surface area (Å²) in [6, 6.07) is 4.55. The Bertz CT molecular complexity index is 482. The molecule has 1 aromatic rings. The number of hydrogen-bond acceptors (Lipinski definition) is 4. The van der Waals surface area contributed by atoms with E-state index in [4.69, 9.17) is 9.47 Å². The van der Waals surface area contributed by atoms with Crippen LogP contribution >= 0.6 is 0 Å². The van der Waals surface area contributed by atoms with Gasteiger partial charge in [-0.25, -0.2) is 13.1 Å². The molecule has 5 nitrogen and oxygen atoms in total. The standard InChI is InChI=1S/C11H17NO4S/c1-8(2)12-17(13,14)10-7-5-6-9(15-3)11(10)16-4/h5-8,12H,1-4H3. The SMILES string of the molecule is COc1cccc(S(=O)(=O)NC(C)C)c1OC. The summed E-state index contributed by atoms with van der Waals surface area (Å²) in [5.74, 6) is 0.599. The third-order valence-corrected chi connectivity index (χ3v) is 3.73. The quantitative estimate of drug-likeness (QED) is 0.868. The van der Waals surface area contributed by atoms with Crippen molar-refractivity contribution in [2.45, 2.75) is 24.8 Å². The maximum absolute atomic E-state index is 12.0. The molecular weight excluding hydrogens is 242 g/mol. The van der Waals surface area contributed by atoms with Gasteiger partial charge < -0.3 is 9.47 Å². The zero-order chi connectivity index (χ0) is 13.1. The molecule has 0 bridgehead atoms.